The van der Waals surface area contributed by atoms with Crippen LogP contribution in [0.25, 0.3) is 11.0 Å². The van der Waals surface area contributed by atoms with Gasteiger partial charge < -0.3 is 14.8 Å². The number of piperidine rings is 1. The first-order valence-electron chi connectivity index (χ1n) is 9.07. The summed E-state index contributed by atoms with van der Waals surface area (Å²) in [6.07, 6.45) is 1.52. The number of hydrogen-bond acceptors (Lipinski definition) is 4. The molecule has 2 heterocycles. The van der Waals surface area contributed by atoms with Crippen molar-refractivity contribution in [1.29, 1.82) is 0 Å². The lowest BCUT2D eigenvalue weighted by atomic mass is 10.1. The van der Waals surface area contributed by atoms with E-state index in [4.69, 9.17) is 4.42 Å². The lowest BCUT2D eigenvalue weighted by Gasteiger charge is -2.30. The second-order valence-corrected chi connectivity index (χ2v) is 6.91. The van der Waals surface area contributed by atoms with E-state index in [0.29, 0.717) is 12.1 Å². The van der Waals surface area contributed by atoms with E-state index in [1.54, 1.807) is 6.07 Å². The summed E-state index contributed by atoms with van der Waals surface area (Å²) in [6.45, 7) is 3.25. The maximum absolute atomic E-state index is 13.3. The lowest BCUT2D eigenvalue weighted by molar-refractivity contribution is 0.0793. The smallest absolute Gasteiger partial charge is 0.134 e. The Morgan fingerprint density at radius 2 is 1.92 bits per heavy atom. The van der Waals surface area contributed by atoms with Crippen LogP contribution in [0, 0.1) is 5.82 Å². The summed E-state index contributed by atoms with van der Waals surface area (Å²) in [7, 11) is 0. The second-order valence-electron chi connectivity index (χ2n) is 6.91. The number of benzene rings is 2. The zero-order chi connectivity index (χ0) is 17.9. The van der Waals surface area contributed by atoms with Crippen LogP contribution in [0.3, 0.4) is 0 Å². The Labute approximate surface area is 152 Å². The first-order chi connectivity index (χ1) is 12.7. The molecule has 1 aromatic heterocycles. The van der Waals surface area contributed by atoms with E-state index in [2.05, 4.69) is 22.3 Å². The number of nitrogens with one attached hydrogen (secondary N) is 1. The number of hydrogen-bond donors (Lipinski definition) is 2. The fourth-order valence-corrected chi connectivity index (χ4v) is 3.49. The molecule has 4 rings (SSSR count). The Bertz CT molecular complexity index is 885. The van der Waals surface area contributed by atoms with E-state index in [9.17, 15) is 9.50 Å². The van der Waals surface area contributed by atoms with Gasteiger partial charge in [0.1, 0.15) is 17.2 Å². The van der Waals surface area contributed by atoms with Crippen LogP contribution in [-0.2, 0) is 13.1 Å². The van der Waals surface area contributed by atoms with Crippen LogP contribution in [0.15, 0.2) is 52.9 Å². The van der Waals surface area contributed by atoms with Crippen molar-refractivity contribution in [3.8, 4) is 0 Å². The molecule has 26 heavy (non-hydrogen) atoms. The number of anilines is 1. The zero-order valence-electron chi connectivity index (χ0n) is 14.6. The Balaban J connectivity index is 1.44. The lowest BCUT2D eigenvalue weighted by Crippen LogP contribution is -2.35. The van der Waals surface area contributed by atoms with Gasteiger partial charge in [0.2, 0.25) is 0 Å². The third kappa shape index (κ3) is 3.89. The van der Waals surface area contributed by atoms with E-state index in [1.807, 2.05) is 18.2 Å². The van der Waals surface area contributed by atoms with Crippen molar-refractivity contribution in [2.24, 2.45) is 0 Å². The molecule has 0 spiro atoms. The molecule has 1 aliphatic rings. The first kappa shape index (κ1) is 17.1. The third-order valence-electron chi connectivity index (χ3n) is 4.95. The molecule has 2 N–H and O–H groups in total. The van der Waals surface area contributed by atoms with Crippen molar-refractivity contribution < 1.29 is 13.9 Å². The summed E-state index contributed by atoms with van der Waals surface area (Å²) >= 11 is 0. The minimum Gasteiger partial charge on any atom is -0.459 e. The number of halogens is 1. The van der Waals surface area contributed by atoms with E-state index in [-0.39, 0.29) is 11.9 Å². The van der Waals surface area contributed by atoms with E-state index < -0.39 is 0 Å². The highest BCUT2D eigenvalue weighted by molar-refractivity contribution is 5.77. The van der Waals surface area contributed by atoms with Crippen LogP contribution in [0.4, 0.5) is 10.1 Å². The van der Waals surface area contributed by atoms with Gasteiger partial charge >= 0.3 is 0 Å². The zero-order valence-corrected chi connectivity index (χ0v) is 14.6. The Kier molecular flexibility index (Phi) is 4.91. The molecular weight excluding hydrogens is 331 g/mol. The van der Waals surface area contributed by atoms with Crippen LogP contribution in [0.1, 0.15) is 24.2 Å². The summed E-state index contributed by atoms with van der Waals surface area (Å²) in [5.41, 5.74) is 3.00. The number of fused-ring (bicyclic) bond motifs is 1. The fraction of sp³-hybridized carbons (Fsp3) is 0.333. The molecule has 136 valence electrons. The molecule has 0 saturated carbocycles. The molecule has 5 heteroatoms. The molecule has 4 nitrogen and oxygen atoms in total. The first-order valence-corrected chi connectivity index (χ1v) is 9.07. The molecule has 0 radical (unpaired) electrons. The fourth-order valence-electron chi connectivity index (χ4n) is 3.49. The normalized spacial score (nSPS) is 16.2. The largest absolute Gasteiger partial charge is 0.459 e. The highest BCUT2D eigenvalue weighted by Crippen LogP contribution is 2.23. The van der Waals surface area contributed by atoms with E-state index in [0.717, 1.165) is 49.3 Å². The topological polar surface area (TPSA) is 48.6 Å². The second kappa shape index (κ2) is 7.48. The minimum absolute atomic E-state index is 0.155. The SMILES string of the molecule is OC1CCN(Cc2ccccc2NCc2cc3cc(F)ccc3o2)CC1. The van der Waals surface area contributed by atoms with Gasteiger partial charge in [0.05, 0.1) is 12.6 Å². The summed E-state index contributed by atoms with van der Waals surface area (Å²) in [4.78, 5) is 2.37. The molecule has 0 aliphatic carbocycles. The van der Waals surface area contributed by atoms with Gasteiger partial charge in [-0.05, 0) is 48.7 Å². The van der Waals surface area contributed by atoms with Crippen molar-refractivity contribution >= 4 is 16.7 Å². The van der Waals surface area contributed by atoms with Gasteiger partial charge in [-0.15, -0.1) is 0 Å². The van der Waals surface area contributed by atoms with Crippen molar-refractivity contribution in [3.63, 3.8) is 0 Å². The Hall–Kier alpha value is -2.37. The molecular formula is C21H23FN2O2. The average Bonchev–Trinajstić information content (AvgIpc) is 3.05. The minimum atomic E-state index is -0.255. The number of aliphatic hydroxyl groups is 1. The van der Waals surface area contributed by atoms with Gasteiger partial charge in [-0.2, -0.15) is 0 Å². The van der Waals surface area contributed by atoms with Gasteiger partial charge in [-0.25, -0.2) is 4.39 Å². The van der Waals surface area contributed by atoms with Crippen molar-refractivity contribution in [2.75, 3.05) is 18.4 Å². The van der Waals surface area contributed by atoms with Gasteiger partial charge in [0.15, 0.2) is 0 Å². The highest BCUT2D eigenvalue weighted by atomic mass is 19.1. The molecule has 0 bridgehead atoms. The molecule has 0 unspecified atom stereocenters. The van der Waals surface area contributed by atoms with Gasteiger partial charge in [-0.3, -0.25) is 4.90 Å². The highest BCUT2D eigenvalue weighted by Gasteiger charge is 2.17. The van der Waals surface area contributed by atoms with Crippen LogP contribution in [0.5, 0.6) is 0 Å². The monoisotopic (exact) mass is 354 g/mol. The summed E-state index contributed by atoms with van der Waals surface area (Å²) < 4.78 is 19.1. The maximum atomic E-state index is 13.3. The molecule has 1 fully saturated rings. The quantitative estimate of drug-likeness (QED) is 0.723. The average molecular weight is 354 g/mol. The van der Waals surface area contributed by atoms with E-state index >= 15 is 0 Å². The summed E-state index contributed by atoms with van der Waals surface area (Å²) in [5, 5.41) is 13.9. The molecule has 0 atom stereocenters. The molecule has 0 amide bonds. The van der Waals surface area contributed by atoms with Crippen molar-refractivity contribution in [2.45, 2.75) is 32.0 Å². The van der Waals surface area contributed by atoms with Crippen LogP contribution < -0.4 is 5.32 Å². The van der Waals surface area contributed by atoms with Crippen LogP contribution in [-0.4, -0.2) is 29.2 Å². The number of likely N-dealkylation sites (tertiary alicyclic amines) is 1. The van der Waals surface area contributed by atoms with Gasteiger partial charge in [0, 0.05) is 30.7 Å². The number of para-hydroxylation sites is 1. The Morgan fingerprint density at radius 3 is 2.77 bits per heavy atom. The van der Waals surface area contributed by atoms with Gasteiger partial charge in [-0.1, -0.05) is 18.2 Å². The molecule has 1 aliphatic heterocycles. The Morgan fingerprint density at radius 1 is 1.12 bits per heavy atom. The molecule has 3 aromatic rings. The van der Waals surface area contributed by atoms with Crippen molar-refractivity contribution in [1.82, 2.24) is 4.90 Å². The van der Waals surface area contributed by atoms with Crippen LogP contribution in [0.2, 0.25) is 0 Å². The predicted molar refractivity (Wildman–Crippen MR) is 100 cm³/mol. The summed E-state index contributed by atoms with van der Waals surface area (Å²) in [6, 6.07) is 14.7. The van der Waals surface area contributed by atoms with E-state index in [1.165, 1.54) is 17.7 Å². The van der Waals surface area contributed by atoms with Crippen LogP contribution >= 0.6 is 0 Å². The summed E-state index contributed by atoms with van der Waals surface area (Å²) in [5.74, 6) is 0.524. The van der Waals surface area contributed by atoms with Crippen molar-refractivity contribution in [3.05, 3.63) is 65.7 Å². The van der Waals surface area contributed by atoms with Gasteiger partial charge in [0.25, 0.3) is 0 Å². The number of aliphatic hydroxyl groups excluding tert-OH is 1. The third-order valence-corrected chi connectivity index (χ3v) is 4.95. The number of rotatable bonds is 5. The predicted octanol–water partition coefficient (Wildman–Crippen LogP) is 4.14. The maximum Gasteiger partial charge on any atom is 0.134 e. The molecule has 2 aromatic carbocycles. The standard InChI is InChI=1S/C21H23FN2O2/c22-17-5-6-21-16(11-17)12-19(26-21)13-23-20-4-2-1-3-15(20)14-24-9-7-18(25)8-10-24/h1-6,11-12,18,23,25H,7-10,13-14H2. The number of nitrogens with zero attached hydrogens (tertiary/aromatic N) is 1. The number of furan rings is 1. The molecule has 1 saturated heterocycles.